The van der Waals surface area contributed by atoms with E-state index in [1.165, 1.54) is 6.92 Å². The number of ether oxygens (including phenoxy) is 5. The van der Waals surface area contributed by atoms with Crippen LogP contribution in [0.1, 0.15) is 37.6 Å². The molecule has 2 rings (SSSR count). The topological polar surface area (TPSA) is 145 Å². The summed E-state index contributed by atoms with van der Waals surface area (Å²) in [4.78, 5) is 49.6. The van der Waals surface area contributed by atoms with E-state index < -0.39 is 48.4 Å². The fraction of sp³-hybridized carbons (Fsp3) is 0.600. The predicted octanol–water partition coefficient (Wildman–Crippen LogP) is 0.0420. The summed E-state index contributed by atoms with van der Waals surface area (Å²) in [7, 11) is 1.14. The van der Waals surface area contributed by atoms with Gasteiger partial charge in [-0.2, -0.15) is 4.98 Å². The molecule has 13 heteroatoms. The van der Waals surface area contributed by atoms with Crippen molar-refractivity contribution in [3.63, 3.8) is 0 Å². The minimum absolute atomic E-state index is 0.266. The first-order valence-electron chi connectivity index (χ1n) is 7.97. The summed E-state index contributed by atoms with van der Waals surface area (Å²) in [5.74, 6) is -3.18. The minimum Gasteiger partial charge on any atom is -0.463 e. The second kappa shape index (κ2) is 8.97. The van der Waals surface area contributed by atoms with Crippen molar-refractivity contribution in [2.24, 2.45) is 0 Å². The average Bonchev–Trinajstić information content (AvgIpc) is 3.13. The van der Waals surface area contributed by atoms with Gasteiger partial charge in [-0.15, -0.1) is 5.10 Å². The number of rotatable bonds is 6. The fourth-order valence-electron chi connectivity index (χ4n) is 2.53. The first kappa shape index (κ1) is 21.6. The zero-order valence-corrected chi connectivity index (χ0v) is 16.2. The molecule has 1 aliphatic rings. The van der Waals surface area contributed by atoms with Crippen LogP contribution in [-0.2, 0) is 38.1 Å². The molecule has 1 saturated heterocycles. The zero-order chi connectivity index (χ0) is 21.0. The minimum atomic E-state index is -1.22. The molecule has 12 nitrogen and oxygen atoms in total. The molecule has 0 aliphatic carbocycles. The van der Waals surface area contributed by atoms with Crippen molar-refractivity contribution in [3.05, 3.63) is 11.1 Å². The number of methoxy groups -OCH3 is 1. The lowest BCUT2D eigenvalue weighted by atomic mass is 10.1. The number of aromatic nitrogens is 3. The monoisotopic (exact) mass is 419 g/mol. The molecule has 0 radical (unpaired) electrons. The lowest BCUT2D eigenvalue weighted by Gasteiger charge is -2.23. The maximum absolute atomic E-state index is 11.6. The molecule has 1 fully saturated rings. The van der Waals surface area contributed by atoms with E-state index in [0.717, 1.165) is 25.6 Å². The lowest BCUT2D eigenvalue weighted by molar-refractivity contribution is -0.166. The molecule has 1 aromatic heterocycles. The molecule has 0 amide bonds. The van der Waals surface area contributed by atoms with Gasteiger partial charge in [0.1, 0.15) is 12.7 Å². The number of halogens is 1. The summed E-state index contributed by atoms with van der Waals surface area (Å²) >= 11 is 6.02. The van der Waals surface area contributed by atoms with E-state index in [1.807, 2.05) is 0 Å². The molecule has 154 valence electrons. The lowest BCUT2D eigenvalue weighted by Crippen LogP contribution is -2.40. The second-order valence-electron chi connectivity index (χ2n) is 5.66. The Bertz CT molecular complexity index is 781. The molecule has 1 aromatic rings. The van der Waals surface area contributed by atoms with Crippen LogP contribution in [0.25, 0.3) is 0 Å². The van der Waals surface area contributed by atoms with Crippen molar-refractivity contribution in [2.45, 2.75) is 45.3 Å². The number of hydrogen-bond acceptors (Lipinski definition) is 11. The summed E-state index contributed by atoms with van der Waals surface area (Å²) in [5, 5.41) is 3.63. The van der Waals surface area contributed by atoms with Gasteiger partial charge in [0.25, 0.3) is 5.82 Å². The zero-order valence-electron chi connectivity index (χ0n) is 15.4. The van der Waals surface area contributed by atoms with Crippen molar-refractivity contribution in [1.82, 2.24) is 14.8 Å². The largest absolute Gasteiger partial charge is 0.463 e. The molecule has 0 aromatic carbocycles. The van der Waals surface area contributed by atoms with Gasteiger partial charge in [-0.25, -0.2) is 9.48 Å². The fourth-order valence-corrected chi connectivity index (χ4v) is 2.75. The Labute approximate surface area is 164 Å². The van der Waals surface area contributed by atoms with Crippen LogP contribution in [0, 0.1) is 0 Å². The van der Waals surface area contributed by atoms with Crippen molar-refractivity contribution in [3.8, 4) is 0 Å². The van der Waals surface area contributed by atoms with E-state index in [0.29, 0.717) is 0 Å². The molecule has 4 atom stereocenters. The highest BCUT2D eigenvalue weighted by atomic mass is 35.5. The standard InChI is InChI=1S/C15H18ClN3O9/c1-6(20)25-5-9-10(26-7(2)21)11(27-8(3)22)13(28-9)19-15(16)17-12(18-19)14(23)24-4/h9-11,13H,5H2,1-4H3/t9-,10-,11-,13-/m1/s1. The Balaban J connectivity index is 2.40. The normalized spacial score (nSPS) is 23.8. The van der Waals surface area contributed by atoms with Gasteiger partial charge in [-0.3, -0.25) is 14.4 Å². The third kappa shape index (κ3) is 4.95. The molecule has 2 heterocycles. The van der Waals surface area contributed by atoms with E-state index in [1.54, 1.807) is 0 Å². The van der Waals surface area contributed by atoms with Crippen molar-refractivity contribution >= 4 is 35.5 Å². The average molecular weight is 420 g/mol. The number of esters is 4. The Kier molecular flexibility index (Phi) is 6.91. The van der Waals surface area contributed by atoms with Gasteiger partial charge >= 0.3 is 23.9 Å². The van der Waals surface area contributed by atoms with Crippen LogP contribution in [0.4, 0.5) is 0 Å². The van der Waals surface area contributed by atoms with Gasteiger partial charge in [-0.05, 0) is 11.6 Å². The number of hydrogen-bond donors (Lipinski definition) is 0. The van der Waals surface area contributed by atoms with Crippen LogP contribution in [-0.4, -0.2) is 70.7 Å². The third-order valence-electron chi connectivity index (χ3n) is 3.54. The van der Waals surface area contributed by atoms with E-state index >= 15 is 0 Å². The number of carbonyl (C=O) groups excluding carboxylic acids is 4. The molecular weight excluding hydrogens is 402 g/mol. The summed E-state index contributed by atoms with van der Waals surface area (Å²) < 4.78 is 26.6. The maximum Gasteiger partial charge on any atom is 0.378 e. The van der Waals surface area contributed by atoms with E-state index in [4.69, 9.17) is 30.5 Å². The van der Waals surface area contributed by atoms with E-state index in [2.05, 4.69) is 14.8 Å². The molecule has 0 bridgehead atoms. The second-order valence-corrected chi connectivity index (χ2v) is 5.99. The van der Waals surface area contributed by atoms with Crippen molar-refractivity contribution in [1.29, 1.82) is 0 Å². The van der Waals surface area contributed by atoms with Gasteiger partial charge in [-0.1, -0.05) is 0 Å². The van der Waals surface area contributed by atoms with E-state index in [9.17, 15) is 19.2 Å². The molecule has 0 saturated carbocycles. The van der Waals surface area contributed by atoms with Crippen LogP contribution >= 0.6 is 11.6 Å². The summed E-state index contributed by atoms with van der Waals surface area (Å²) in [6.07, 6.45) is -4.55. The van der Waals surface area contributed by atoms with Crippen LogP contribution in [0.3, 0.4) is 0 Å². The van der Waals surface area contributed by atoms with Crippen molar-refractivity contribution in [2.75, 3.05) is 13.7 Å². The van der Waals surface area contributed by atoms with Gasteiger partial charge in [0.2, 0.25) is 5.28 Å². The van der Waals surface area contributed by atoms with Gasteiger partial charge < -0.3 is 23.7 Å². The van der Waals surface area contributed by atoms with E-state index in [-0.39, 0.29) is 17.7 Å². The van der Waals surface area contributed by atoms with Gasteiger partial charge in [0.05, 0.1) is 7.11 Å². The van der Waals surface area contributed by atoms with Crippen LogP contribution in [0.5, 0.6) is 0 Å². The van der Waals surface area contributed by atoms with Crippen molar-refractivity contribution < 1.29 is 42.9 Å². The smallest absolute Gasteiger partial charge is 0.378 e. The molecule has 0 N–H and O–H groups in total. The van der Waals surface area contributed by atoms with Crippen LogP contribution < -0.4 is 0 Å². The number of nitrogens with zero attached hydrogens (tertiary/aromatic N) is 3. The van der Waals surface area contributed by atoms with Gasteiger partial charge in [0, 0.05) is 20.8 Å². The Hall–Kier alpha value is -2.73. The Morgan fingerprint density at radius 3 is 2.21 bits per heavy atom. The van der Waals surface area contributed by atoms with Gasteiger partial charge in [0.15, 0.2) is 18.4 Å². The highest BCUT2D eigenvalue weighted by molar-refractivity contribution is 6.28. The molecule has 1 aliphatic heterocycles. The predicted molar refractivity (Wildman–Crippen MR) is 88.0 cm³/mol. The SMILES string of the molecule is COC(=O)c1nc(Cl)n([C@@H]2O[C@H](COC(C)=O)[C@@H](OC(C)=O)[C@H]2OC(C)=O)n1. The van der Waals surface area contributed by atoms with Crippen LogP contribution in [0.2, 0.25) is 5.28 Å². The first-order chi connectivity index (χ1) is 13.1. The maximum atomic E-state index is 11.6. The third-order valence-corrected chi connectivity index (χ3v) is 3.80. The Morgan fingerprint density at radius 2 is 1.68 bits per heavy atom. The number of carbonyl (C=O) groups is 4. The highest BCUT2D eigenvalue weighted by Crippen LogP contribution is 2.35. The Morgan fingerprint density at radius 1 is 1.07 bits per heavy atom. The summed E-state index contributed by atoms with van der Waals surface area (Å²) in [6.45, 7) is 3.19. The summed E-state index contributed by atoms with van der Waals surface area (Å²) in [6, 6.07) is 0. The molecular formula is C15H18ClN3O9. The highest BCUT2D eigenvalue weighted by Gasteiger charge is 2.51. The first-order valence-corrected chi connectivity index (χ1v) is 8.35. The quantitative estimate of drug-likeness (QED) is 0.455. The molecule has 0 unspecified atom stereocenters. The molecule has 0 spiro atoms. The summed E-state index contributed by atoms with van der Waals surface area (Å²) in [5.41, 5.74) is 0. The molecule has 28 heavy (non-hydrogen) atoms. The van der Waals surface area contributed by atoms with Crippen LogP contribution in [0.15, 0.2) is 0 Å².